The number of amides is 1. The molecule has 0 spiro atoms. The van der Waals surface area contributed by atoms with Crippen molar-refractivity contribution in [3.05, 3.63) is 52.2 Å². The summed E-state index contributed by atoms with van der Waals surface area (Å²) >= 11 is 1.32. The van der Waals surface area contributed by atoms with Crippen LogP contribution in [-0.2, 0) is 10.4 Å². The summed E-state index contributed by atoms with van der Waals surface area (Å²) in [7, 11) is 0. The number of nitrogens with zero attached hydrogens (tertiary/aromatic N) is 1. The van der Waals surface area contributed by atoms with Crippen molar-refractivity contribution < 1.29 is 14.7 Å². The van der Waals surface area contributed by atoms with Gasteiger partial charge in [0, 0.05) is 12.1 Å². The second-order valence-electron chi connectivity index (χ2n) is 5.41. The fourth-order valence-electron chi connectivity index (χ4n) is 2.88. The molecule has 0 fully saturated rings. The van der Waals surface area contributed by atoms with Gasteiger partial charge in [-0.2, -0.15) is 0 Å². The van der Waals surface area contributed by atoms with Crippen LogP contribution >= 0.6 is 11.3 Å². The second kappa shape index (κ2) is 5.66. The molecule has 0 unspecified atom stereocenters. The molecular formula is C17H17NO3S. The second-order valence-corrected chi connectivity index (χ2v) is 6.36. The number of carbonyl (C=O) groups excluding carboxylic acids is 2. The molecule has 3 rings (SSSR count). The van der Waals surface area contributed by atoms with E-state index in [1.165, 1.54) is 11.3 Å². The Balaban J connectivity index is 1.98. The first-order valence-corrected chi connectivity index (χ1v) is 8.16. The average molecular weight is 315 g/mol. The van der Waals surface area contributed by atoms with Crippen molar-refractivity contribution in [3.63, 3.8) is 0 Å². The van der Waals surface area contributed by atoms with Gasteiger partial charge < -0.3 is 10.0 Å². The van der Waals surface area contributed by atoms with Crippen LogP contribution in [0.2, 0.25) is 0 Å². The maximum absolute atomic E-state index is 12.7. The third-order valence-electron chi connectivity index (χ3n) is 3.90. The molecule has 1 atom stereocenters. The van der Waals surface area contributed by atoms with Crippen molar-refractivity contribution in [2.45, 2.75) is 25.4 Å². The highest BCUT2D eigenvalue weighted by Crippen LogP contribution is 2.42. The maximum Gasteiger partial charge on any atom is 0.264 e. The first-order valence-electron chi connectivity index (χ1n) is 7.28. The third-order valence-corrected chi connectivity index (χ3v) is 4.81. The van der Waals surface area contributed by atoms with Crippen LogP contribution in [0, 0.1) is 0 Å². The van der Waals surface area contributed by atoms with Crippen LogP contribution < -0.4 is 4.90 Å². The molecule has 1 aromatic heterocycles. The monoisotopic (exact) mass is 315 g/mol. The largest absolute Gasteiger partial charge is 0.375 e. The third kappa shape index (κ3) is 2.26. The SMILES string of the molecule is CCCN1C(=O)[C@](O)(CC(=O)c2cccs2)c2ccccc21. The molecule has 0 aliphatic carbocycles. The summed E-state index contributed by atoms with van der Waals surface area (Å²) in [5.41, 5.74) is -0.526. The zero-order valence-electron chi connectivity index (χ0n) is 12.3. The number of fused-ring (bicyclic) bond motifs is 1. The summed E-state index contributed by atoms with van der Waals surface area (Å²) in [5, 5.41) is 12.8. The Morgan fingerprint density at radius 2 is 2.05 bits per heavy atom. The quantitative estimate of drug-likeness (QED) is 0.863. The van der Waals surface area contributed by atoms with E-state index in [-0.39, 0.29) is 12.2 Å². The lowest BCUT2D eigenvalue weighted by molar-refractivity contribution is -0.135. The van der Waals surface area contributed by atoms with Crippen molar-refractivity contribution in [1.82, 2.24) is 0 Å². The van der Waals surface area contributed by atoms with Crippen molar-refractivity contribution >= 4 is 28.7 Å². The van der Waals surface area contributed by atoms with Gasteiger partial charge in [0.1, 0.15) is 0 Å². The van der Waals surface area contributed by atoms with Crippen LogP contribution in [-0.4, -0.2) is 23.3 Å². The van der Waals surface area contributed by atoms with Gasteiger partial charge in [-0.3, -0.25) is 9.59 Å². The van der Waals surface area contributed by atoms with Crippen LogP contribution in [0.4, 0.5) is 5.69 Å². The van der Waals surface area contributed by atoms with Gasteiger partial charge in [0.05, 0.1) is 17.0 Å². The van der Waals surface area contributed by atoms with Gasteiger partial charge in [-0.05, 0) is 23.9 Å². The summed E-state index contributed by atoms with van der Waals surface area (Å²) in [6.45, 7) is 2.51. The molecular weight excluding hydrogens is 298 g/mol. The predicted molar refractivity (Wildman–Crippen MR) is 86.2 cm³/mol. The van der Waals surface area contributed by atoms with Gasteiger partial charge in [-0.25, -0.2) is 0 Å². The predicted octanol–water partition coefficient (Wildman–Crippen LogP) is 2.97. The zero-order chi connectivity index (χ0) is 15.7. The van der Waals surface area contributed by atoms with E-state index < -0.39 is 11.5 Å². The lowest BCUT2D eigenvalue weighted by Gasteiger charge is -2.22. The number of anilines is 1. The Morgan fingerprint density at radius 3 is 2.73 bits per heavy atom. The van der Waals surface area contributed by atoms with Gasteiger partial charge in [-0.15, -0.1) is 11.3 Å². The van der Waals surface area contributed by atoms with Crippen molar-refractivity contribution in [2.75, 3.05) is 11.4 Å². The van der Waals surface area contributed by atoms with E-state index in [0.717, 1.165) is 6.42 Å². The van der Waals surface area contributed by atoms with Gasteiger partial charge >= 0.3 is 0 Å². The molecule has 22 heavy (non-hydrogen) atoms. The van der Waals surface area contributed by atoms with Gasteiger partial charge in [0.15, 0.2) is 11.4 Å². The molecule has 4 nitrogen and oxygen atoms in total. The van der Waals surface area contributed by atoms with Crippen molar-refractivity contribution in [1.29, 1.82) is 0 Å². The maximum atomic E-state index is 12.7. The molecule has 0 bridgehead atoms. The van der Waals surface area contributed by atoms with Gasteiger partial charge in [0.2, 0.25) is 0 Å². The molecule has 1 aliphatic rings. The van der Waals surface area contributed by atoms with Crippen molar-refractivity contribution in [2.24, 2.45) is 0 Å². The lowest BCUT2D eigenvalue weighted by atomic mass is 9.89. The number of thiophene rings is 1. The molecule has 5 heteroatoms. The van der Waals surface area contributed by atoms with E-state index in [9.17, 15) is 14.7 Å². The fraction of sp³-hybridized carbons (Fsp3) is 0.294. The first-order chi connectivity index (χ1) is 10.6. The van der Waals surface area contributed by atoms with E-state index in [1.807, 2.05) is 24.4 Å². The molecule has 0 radical (unpaired) electrons. The molecule has 2 heterocycles. The normalized spacial score (nSPS) is 20.3. The van der Waals surface area contributed by atoms with E-state index >= 15 is 0 Å². The summed E-state index contributed by atoms with van der Waals surface area (Å²) in [5.74, 6) is -0.612. The Labute approximate surface area is 133 Å². The minimum absolute atomic E-state index is 0.209. The Morgan fingerprint density at radius 1 is 1.27 bits per heavy atom. The van der Waals surface area contributed by atoms with E-state index in [1.54, 1.807) is 29.2 Å². The summed E-state index contributed by atoms with van der Waals surface area (Å²) < 4.78 is 0. The van der Waals surface area contributed by atoms with E-state index in [2.05, 4.69) is 0 Å². The molecule has 1 aliphatic heterocycles. The molecule has 0 saturated carbocycles. The van der Waals surface area contributed by atoms with Crippen LogP contribution in [0.5, 0.6) is 0 Å². The summed E-state index contributed by atoms with van der Waals surface area (Å²) in [6.07, 6.45) is 0.568. The number of benzene rings is 1. The number of Topliss-reactive ketones (excluding diaryl/α,β-unsaturated/α-hetero) is 1. The molecule has 0 saturated heterocycles. The number of aliphatic hydroxyl groups is 1. The van der Waals surface area contributed by atoms with Crippen LogP contribution in [0.3, 0.4) is 0 Å². The number of hydrogen-bond acceptors (Lipinski definition) is 4. The lowest BCUT2D eigenvalue weighted by Crippen LogP contribution is -2.42. The smallest absolute Gasteiger partial charge is 0.264 e. The van der Waals surface area contributed by atoms with E-state index in [0.29, 0.717) is 22.7 Å². The average Bonchev–Trinajstić information content (AvgIpc) is 3.11. The topological polar surface area (TPSA) is 57.6 Å². The van der Waals surface area contributed by atoms with Gasteiger partial charge in [0.25, 0.3) is 5.91 Å². The van der Waals surface area contributed by atoms with E-state index in [4.69, 9.17) is 0 Å². The summed E-state index contributed by atoms with van der Waals surface area (Å²) in [6, 6.07) is 10.7. The van der Waals surface area contributed by atoms with Crippen LogP contribution in [0.25, 0.3) is 0 Å². The fourth-order valence-corrected chi connectivity index (χ4v) is 3.54. The highest BCUT2D eigenvalue weighted by molar-refractivity contribution is 7.12. The number of para-hydroxylation sites is 1. The number of ketones is 1. The minimum Gasteiger partial charge on any atom is -0.375 e. The molecule has 2 aromatic rings. The molecule has 1 amide bonds. The zero-order valence-corrected chi connectivity index (χ0v) is 13.1. The Hall–Kier alpha value is -1.98. The minimum atomic E-state index is -1.76. The standard InChI is InChI=1S/C17H17NO3S/c1-2-9-18-13-7-4-3-6-12(13)17(21,16(18)20)11-14(19)15-8-5-10-22-15/h3-8,10,21H,2,9,11H2,1H3/t17-/m0/s1. The van der Waals surface area contributed by atoms with Crippen molar-refractivity contribution in [3.8, 4) is 0 Å². The molecule has 1 N–H and O–H groups in total. The number of rotatable bonds is 5. The Kier molecular flexibility index (Phi) is 3.85. The van der Waals surface area contributed by atoms with Crippen LogP contribution in [0.1, 0.15) is 35.0 Å². The van der Waals surface area contributed by atoms with Crippen LogP contribution in [0.15, 0.2) is 41.8 Å². The Bertz CT molecular complexity index is 710. The highest BCUT2D eigenvalue weighted by atomic mass is 32.1. The molecule has 114 valence electrons. The number of hydrogen-bond donors (Lipinski definition) is 1. The first kappa shape index (κ1) is 14.9. The van der Waals surface area contributed by atoms with Gasteiger partial charge in [-0.1, -0.05) is 31.2 Å². The molecule has 1 aromatic carbocycles. The highest BCUT2D eigenvalue weighted by Gasteiger charge is 2.50. The number of carbonyl (C=O) groups is 2. The summed E-state index contributed by atoms with van der Waals surface area (Å²) in [4.78, 5) is 27.2.